The van der Waals surface area contributed by atoms with E-state index in [1.807, 2.05) is 0 Å². The van der Waals surface area contributed by atoms with Crippen LogP contribution in [-0.4, -0.2) is 35.7 Å². The van der Waals surface area contributed by atoms with Crippen LogP contribution in [0.5, 0.6) is 11.5 Å². The molecule has 1 aromatic carbocycles. The lowest BCUT2D eigenvalue weighted by molar-refractivity contribution is 0.0950. The molecule has 5 N–H and O–H groups in total. The van der Waals surface area contributed by atoms with Gasteiger partial charge in [0.25, 0.3) is 5.91 Å². The van der Waals surface area contributed by atoms with Crippen LogP contribution < -0.4 is 15.8 Å². The third-order valence-corrected chi connectivity index (χ3v) is 2.47. The predicted molar refractivity (Wildman–Crippen MR) is 69.6 cm³/mol. The molecular weight excluding hydrogens is 250 g/mol. The molecule has 0 atom stereocenters. The highest BCUT2D eigenvalue weighted by Gasteiger charge is 2.11. The van der Waals surface area contributed by atoms with Gasteiger partial charge in [-0.05, 0) is 18.6 Å². The third-order valence-electron chi connectivity index (χ3n) is 2.47. The second-order valence-electron chi connectivity index (χ2n) is 3.83. The van der Waals surface area contributed by atoms with E-state index >= 15 is 0 Å². The van der Waals surface area contributed by atoms with E-state index in [-0.39, 0.29) is 23.1 Å². The molecule has 1 aromatic rings. The Kier molecular flexibility index (Phi) is 5.46. The number of nitrogens with two attached hydrogens (primary N) is 1. The number of benzene rings is 1. The number of aromatic hydroxyl groups is 1. The molecule has 0 radical (unpaired) electrons. The minimum absolute atomic E-state index is 0.113. The second-order valence-corrected chi connectivity index (χ2v) is 3.83. The Morgan fingerprint density at radius 2 is 2.26 bits per heavy atom. The average molecular weight is 267 g/mol. The molecule has 0 unspecified atom stereocenters. The van der Waals surface area contributed by atoms with Crippen molar-refractivity contribution in [2.75, 3.05) is 13.7 Å². The van der Waals surface area contributed by atoms with Gasteiger partial charge in [0.2, 0.25) is 0 Å². The quantitative estimate of drug-likeness (QED) is 0.198. The number of oxime groups is 1. The summed E-state index contributed by atoms with van der Waals surface area (Å²) < 4.78 is 4.92. The number of phenols is 1. The van der Waals surface area contributed by atoms with Gasteiger partial charge in [0, 0.05) is 19.0 Å². The lowest BCUT2D eigenvalue weighted by atomic mass is 10.1. The highest BCUT2D eigenvalue weighted by molar-refractivity contribution is 5.97. The SMILES string of the molecule is COc1ccc(C(=O)NCCCC(N)=NO)c(O)c1. The smallest absolute Gasteiger partial charge is 0.255 e. The van der Waals surface area contributed by atoms with E-state index in [1.165, 1.54) is 19.2 Å². The summed E-state index contributed by atoms with van der Waals surface area (Å²) in [6.45, 7) is 0.362. The molecule has 1 amide bonds. The molecule has 0 spiro atoms. The standard InChI is InChI=1S/C12H17N3O4/c1-19-8-4-5-9(10(16)7-8)12(17)14-6-2-3-11(13)15-18/h4-5,7,16,18H,2-3,6H2,1H3,(H2,13,15)(H,14,17). The molecule has 19 heavy (non-hydrogen) atoms. The first-order valence-electron chi connectivity index (χ1n) is 5.70. The van der Waals surface area contributed by atoms with Gasteiger partial charge in [-0.25, -0.2) is 0 Å². The topological polar surface area (TPSA) is 117 Å². The van der Waals surface area contributed by atoms with Crippen LogP contribution in [0.2, 0.25) is 0 Å². The maximum absolute atomic E-state index is 11.8. The fourth-order valence-corrected chi connectivity index (χ4v) is 1.45. The Hall–Kier alpha value is -2.44. The first kappa shape index (κ1) is 14.6. The van der Waals surface area contributed by atoms with E-state index in [1.54, 1.807) is 6.07 Å². The van der Waals surface area contributed by atoms with Gasteiger partial charge in [0.05, 0.1) is 12.7 Å². The number of ether oxygens (including phenoxy) is 1. The van der Waals surface area contributed by atoms with Gasteiger partial charge in [-0.15, -0.1) is 0 Å². The number of methoxy groups -OCH3 is 1. The first-order valence-corrected chi connectivity index (χ1v) is 5.70. The van der Waals surface area contributed by atoms with Crippen molar-refractivity contribution in [2.45, 2.75) is 12.8 Å². The Labute approximate surface area is 110 Å². The van der Waals surface area contributed by atoms with Crippen LogP contribution in [0, 0.1) is 0 Å². The van der Waals surface area contributed by atoms with Crippen molar-refractivity contribution in [3.05, 3.63) is 23.8 Å². The van der Waals surface area contributed by atoms with Crippen LogP contribution in [0.3, 0.4) is 0 Å². The number of nitrogens with one attached hydrogen (secondary N) is 1. The van der Waals surface area contributed by atoms with Crippen molar-refractivity contribution in [3.63, 3.8) is 0 Å². The minimum Gasteiger partial charge on any atom is -0.507 e. The molecule has 0 aliphatic rings. The number of amides is 1. The zero-order chi connectivity index (χ0) is 14.3. The van der Waals surface area contributed by atoms with Crippen molar-refractivity contribution in [1.29, 1.82) is 0 Å². The fourth-order valence-electron chi connectivity index (χ4n) is 1.45. The van der Waals surface area contributed by atoms with E-state index in [0.717, 1.165) is 0 Å². The van der Waals surface area contributed by atoms with E-state index in [0.29, 0.717) is 25.1 Å². The average Bonchev–Trinajstić information content (AvgIpc) is 2.42. The van der Waals surface area contributed by atoms with Crippen LogP contribution in [0.4, 0.5) is 0 Å². The number of phenolic OH excluding ortho intramolecular Hbond substituents is 1. The van der Waals surface area contributed by atoms with Crippen LogP contribution in [0.1, 0.15) is 23.2 Å². The van der Waals surface area contributed by atoms with Gasteiger partial charge in [0.15, 0.2) is 0 Å². The molecule has 7 heteroatoms. The highest BCUT2D eigenvalue weighted by Crippen LogP contribution is 2.23. The Balaban J connectivity index is 2.50. The van der Waals surface area contributed by atoms with Crippen LogP contribution in [-0.2, 0) is 0 Å². The molecule has 0 heterocycles. The van der Waals surface area contributed by atoms with Crippen molar-refractivity contribution < 1.29 is 19.8 Å². The molecule has 0 aliphatic heterocycles. The summed E-state index contributed by atoms with van der Waals surface area (Å²) in [5.41, 5.74) is 5.46. The van der Waals surface area contributed by atoms with E-state index in [9.17, 15) is 9.90 Å². The van der Waals surface area contributed by atoms with Gasteiger partial charge in [-0.2, -0.15) is 0 Å². The summed E-state index contributed by atoms with van der Waals surface area (Å²) in [7, 11) is 1.47. The number of rotatable bonds is 6. The first-order chi connectivity index (χ1) is 9.08. The van der Waals surface area contributed by atoms with E-state index in [2.05, 4.69) is 10.5 Å². The fraction of sp³-hybridized carbons (Fsp3) is 0.333. The van der Waals surface area contributed by atoms with Crippen molar-refractivity contribution in [2.24, 2.45) is 10.9 Å². The second kappa shape index (κ2) is 7.10. The maximum Gasteiger partial charge on any atom is 0.255 e. The molecule has 104 valence electrons. The van der Waals surface area contributed by atoms with Crippen molar-refractivity contribution >= 4 is 11.7 Å². The summed E-state index contributed by atoms with van der Waals surface area (Å²) in [4.78, 5) is 11.8. The van der Waals surface area contributed by atoms with Gasteiger partial charge in [0.1, 0.15) is 17.3 Å². The summed E-state index contributed by atoms with van der Waals surface area (Å²) >= 11 is 0. The number of carbonyl (C=O) groups is 1. The van der Waals surface area contributed by atoms with Crippen LogP contribution in [0.15, 0.2) is 23.4 Å². The largest absolute Gasteiger partial charge is 0.507 e. The summed E-state index contributed by atoms with van der Waals surface area (Å²) in [6.07, 6.45) is 0.921. The lowest BCUT2D eigenvalue weighted by Crippen LogP contribution is -2.25. The molecule has 7 nitrogen and oxygen atoms in total. The van der Waals surface area contributed by atoms with Gasteiger partial charge >= 0.3 is 0 Å². The van der Waals surface area contributed by atoms with E-state index in [4.69, 9.17) is 15.7 Å². The summed E-state index contributed by atoms with van der Waals surface area (Å²) in [6, 6.07) is 4.43. The van der Waals surface area contributed by atoms with E-state index < -0.39 is 0 Å². The zero-order valence-corrected chi connectivity index (χ0v) is 10.6. The molecule has 0 bridgehead atoms. The molecule has 0 saturated heterocycles. The van der Waals surface area contributed by atoms with Crippen LogP contribution in [0.25, 0.3) is 0 Å². The normalized spacial score (nSPS) is 11.1. The monoisotopic (exact) mass is 267 g/mol. The molecule has 0 aliphatic carbocycles. The number of nitrogens with zero attached hydrogens (tertiary/aromatic N) is 1. The zero-order valence-electron chi connectivity index (χ0n) is 10.6. The summed E-state index contributed by atoms with van der Waals surface area (Å²) in [5.74, 6) is 0.0514. The summed E-state index contributed by atoms with van der Waals surface area (Å²) in [5, 5.41) is 23.4. The van der Waals surface area contributed by atoms with Gasteiger partial charge in [-0.1, -0.05) is 5.16 Å². The molecule has 0 fully saturated rings. The third kappa shape index (κ3) is 4.38. The minimum atomic E-state index is -0.389. The Morgan fingerprint density at radius 3 is 2.84 bits per heavy atom. The number of carbonyl (C=O) groups excluding carboxylic acids is 1. The number of hydrogen-bond donors (Lipinski definition) is 4. The predicted octanol–water partition coefficient (Wildman–Crippen LogP) is 0.657. The number of hydrogen-bond acceptors (Lipinski definition) is 5. The van der Waals surface area contributed by atoms with Crippen LogP contribution >= 0.6 is 0 Å². The Morgan fingerprint density at radius 1 is 1.53 bits per heavy atom. The maximum atomic E-state index is 11.8. The number of amidine groups is 1. The van der Waals surface area contributed by atoms with Gasteiger partial charge in [-0.3, -0.25) is 4.79 Å². The lowest BCUT2D eigenvalue weighted by Gasteiger charge is -2.08. The Bertz CT molecular complexity index is 474. The molecule has 0 saturated carbocycles. The molecule has 1 rings (SSSR count). The highest BCUT2D eigenvalue weighted by atomic mass is 16.5. The molecular formula is C12H17N3O4. The van der Waals surface area contributed by atoms with Crippen molar-refractivity contribution in [1.82, 2.24) is 5.32 Å². The molecule has 0 aromatic heterocycles. The van der Waals surface area contributed by atoms with Crippen molar-refractivity contribution in [3.8, 4) is 11.5 Å². The van der Waals surface area contributed by atoms with Gasteiger partial charge < -0.3 is 26.1 Å².